The number of hydrogen-bond acceptors (Lipinski definition) is 0. The molecule has 4 heteroatoms. The first kappa shape index (κ1) is 13.4. The molecule has 1 heterocycles. The molecule has 0 fully saturated rings. The highest BCUT2D eigenvalue weighted by Gasteiger charge is 2.07. The number of halogens is 2. The van der Waals surface area contributed by atoms with Crippen LogP contribution in [0.2, 0.25) is 0 Å². The molecule has 1 rings (SSSR count). The van der Waals surface area contributed by atoms with Gasteiger partial charge in [-0.05, 0) is 0 Å². The van der Waals surface area contributed by atoms with Crippen molar-refractivity contribution in [3.05, 3.63) is 17.7 Å². The van der Waals surface area contributed by atoms with Gasteiger partial charge in [-0.25, -0.2) is 9.13 Å². The van der Waals surface area contributed by atoms with Crippen molar-refractivity contribution in [2.45, 2.75) is 13.8 Å². The molecule has 0 spiro atoms. The number of aryl methyl sites for hydroxylation is 2. The molecule has 66 valence electrons. The molecule has 0 aliphatic carbocycles. The molecular weight excluding hydrogens is 183 g/mol. The van der Waals surface area contributed by atoms with E-state index in [1.54, 1.807) is 0 Å². The molecule has 0 aliphatic rings. The summed E-state index contributed by atoms with van der Waals surface area (Å²) in [4.78, 5) is 0. The van der Waals surface area contributed by atoms with E-state index in [-0.39, 0.29) is 24.8 Å². The molecule has 0 unspecified atom stereocenters. The summed E-state index contributed by atoms with van der Waals surface area (Å²) in [5, 5.41) is 0. The predicted octanol–water partition coefficient (Wildman–Crippen LogP) is -2.11. The highest BCUT2D eigenvalue weighted by atomic mass is 35.5. The Morgan fingerprint density at radius 2 is 1.82 bits per heavy atom. The van der Waals surface area contributed by atoms with Crippen LogP contribution in [0.25, 0.3) is 0 Å². The Hall–Kier alpha value is -0.210. The van der Waals surface area contributed by atoms with Crippen LogP contribution in [0, 0.1) is 13.8 Å². The van der Waals surface area contributed by atoms with Crippen molar-refractivity contribution in [1.82, 2.24) is 4.57 Å². The molecule has 1 aromatic rings. The molecule has 0 saturated heterocycles. The maximum atomic E-state index is 2.12. The summed E-state index contributed by atoms with van der Waals surface area (Å²) >= 11 is 0. The van der Waals surface area contributed by atoms with Crippen molar-refractivity contribution in [3.8, 4) is 0 Å². The summed E-state index contributed by atoms with van der Waals surface area (Å²) in [6.45, 7) is 4.24. The Balaban J connectivity index is 0. The largest absolute Gasteiger partial charge is 1.00 e. The van der Waals surface area contributed by atoms with Gasteiger partial charge in [-0.3, -0.25) is 0 Å². The second-order valence-corrected chi connectivity index (χ2v) is 2.51. The smallest absolute Gasteiger partial charge is 0.243 e. The zero-order valence-electron chi connectivity index (χ0n) is 7.26. The second kappa shape index (κ2) is 4.62. The van der Waals surface area contributed by atoms with Crippen LogP contribution in [0.5, 0.6) is 0 Å². The van der Waals surface area contributed by atoms with Gasteiger partial charge in [0.05, 0.1) is 14.1 Å². The third kappa shape index (κ3) is 2.38. The number of rotatable bonds is 0. The third-order valence-electron chi connectivity index (χ3n) is 1.93. The van der Waals surface area contributed by atoms with E-state index in [1.165, 1.54) is 11.4 Å². The first-order valence-corrected chi connectivity index (χ1v) is 3.11. The molecule has 0 bridgehead atoms. The summed E-state index contributed by atoms with van der Waals surface area (Å²) < 4.78 is 4.24. The van der Waals surface area contributed by atoms with Crippen molar-refractivity contribution in [1.29, 1.82) is 0 Å². The molecule has 0 aromatic carbocycles. The van der Waals surface area contributed by atoms with E-state index in [9.17, 15) is 0 Å². The fourth-order valence-corrected chi connectivity index (χ4v) is 0.943. The first-order chi connectivity index (χ1) is 4.13. The van der Waals surface area contributed by atoms with Crippen LogP contribution in [-0.2, 0) is 14.1 Å². The predicted molar refractivity (Wildman–Crippen MR) is 43.3 cm³/mol. The van der Waals surface area contributed by atoms with Gasteiger partial charge in [0.15, 0.2) is 0 Å². The summed E-state index contributed by atoms with van der Waals surface area (Å²) in [6.07, 6.45) is 2.07. The van der Waals surface area contributed by atoms with Gasteiger partial charge in [-0.2, -0.15) is 0 Å². The van der Waals surface area contributed by atoms with Gasteiger partial charge in [0, 0.05) is 13.8 Å². The van der Waals surface area contributed by atoms with Gasteiger partial charge >= 0.3 is 0 Å². The SMILES string of the molecule is Cc1c(C)[n+](C)cn1C.Cl.[Cl-]. The summed E-state index contributed by atoms with van der Waals surface area (Å²) in [5.41, 5.74) is 2.66. The lowest BCUT2D eigenvalue weighted by molar-refractivity contribution is -0.677. The Morgan fingerprint density at radius 1 is 1.36 bits per heavy atom. The van der Waals surface area contributed by atoms with E-state index in [0.717, 1.165) is 0 Å². The summed E-state index contributed by atoms with van der Waals surface area (Å²) in [7, 11) is 4.12. The van der Waals surface area contributed by atoms with E-state index < -0.39 is 0 Å². The molecule has 11 heavy (non-hydrogen) atoms. The maximum absolute atomic E-state index is 2.12. The van der Waals surface area contributed by atoms with Crippen molar-refractivity contribution in [2.24, 2.45) is 14.1 Å². The van der Waals surface area contributed by atoms with Gasteiger partial charge in [0.1, 0.15) is 11.4 Å². The van der Waals surface area contributed by atoms with Crippen LogP contribution < -0.4 is 17.0 Å². The Bertz CT molecular complexity index is 208. The monoisotopic (exact) mass is 196 g/mol. The lowest BCUT2D eigenvalue weighted by Gasteiger charge is -1.84. The lowest BCUT2D eigenvalue weighted by atomic mass is 10.4. The van der Waals surface area contributed by atoms with Crippen LogP contribution in [0.1, 0.15) is 11.4 Å². The normalized spacial score (nSPS) is 8.36. The topological polar surface area (TPSA) is 8.81 Å². The van der Waals surface area contributed by atoms with Gasteiger partial charge in [0.2, 0.25) is 6.33 Å². The van der Waals surface area contributed by atoms with Crippen LogP contribution in [0.3, 0.4) is 0 Å². The van der Waals surface area contributed by atoms with Gasteiger partial charge in [-0.15, -0.1) is 12.4 Å². The number of aromatic nitrogens is 2. The fraction of sp³-hybridized carbons (Fsp3) is 0.571. The minimum atomic E-state index is 0. The zero-order chi connectivity index (χ0) is 7.02. The van der Waals surface area contributed by atoms with Crippen LogP contribution in [-0.4, -0.2) is 4.57 Å². The Labute approximate surface area is 80.0 Å². The Morgan fingerprint density at radius 3 is 1.91 bits per heavy atom. The molecule has 0 radical (unpaired) electrons. The van der Waals surface area contributed by atoms with Crippen LogP contribution in [0.4, 0.5) is 0 Å². The summed E-state index contributed by atoms with van der Waals surface area (Å²) in [5.74, 6) is 0. The quantitative estimate of drug-likeness (QED) is 0.421. The minimum absolute atomic E-state index is 0. The minimum Gasteiger partial charge on any atom is -1.00 e. The van der Waals surface area contributed by atoms with E-state index in [4.69, 9.17) is 0 Å². The standard InChI is InChI=1S/C7H13N2.2ClH/c1-6-7(2)9(4)5-8(6)3;;/h5H,1-4H3;2*1H/q+1;;/p-1. The molecule has 2 nitrogen and oxygen atoms in total. The molecule has 0 saturated carbocycles. The van der Waals surface area contributed by atoms with Crippen molar-refractivity contribution < 1.29 is 17.0 Å². The number of imidazole rings is 1. The van der Waals surface area contributed by atoms with Gasteiger partial charge in [0.25, 0.3) is 0 Å². The van der Waals surface area contributed by atoms with Crippen molar-refractivity contribution in [2.75, 3.05) is 0 Å². The molecule has 0 aliphatic heterocycles. The average molecular weight is 197 g/mol. The van der Waals surface area contributed by atoms with E-state index in [0.29, 0.717) is 0 Å². The van der Waals surface area contributed by atoms with Crippen molar-refractivity contribution in [3.63, 3.8) is 0 Å². The fourth-order valence-electron chi connectivity index (χ4n) is 0.943. The highest BCUT2D eigenvalue weighted by Crippen LogP contribution is 1.97. The van der Waals surface area contributed by atoms with Crippen LogP contribution in [0.15, 0.2) is 6.33 Å². The second-order valence-electron chi connectivity index (χ2n) is 2.51. The molecule has 1 aromatic heterocycles. The molecule has 0 amide bonds. The number of nitrogens with zero attached hydrogens (tertiary/aromatic N) is 2. The average Bonchev–Trinajstić information content (AvgIpc) is 1.98. The lowest BCUT2D eigenvalue weighted by Crippen LogP contribution is -3.00. The summed E-state index contributed by atoms with van der Waals surface area (Å²) in [6, 6.07) is 0. The molecule has 0 N–H and O–H groups in total. The molecule has 0 atom stereocenters. The van der Waals surface area contributed by atoms with E-state index in [2.05, 4.69) is 43.4 Å². The maximum Gasteiger partial charge on any atom is 0.243 e. The Kier molecular flexibility index (Phi) is 5.63. The van der Waals surface area contributed by atoms with Gasteiger partial charge < -0.3 is 12.4 Å². The highest BCUT2D eigenvalue weighted by molar-refractivity contribution is 5.85. The first-order valence-electron chi connectivity index (χ1n) is 3.11. The van der Waals surface area contributed by atoms with E-state index in [1.807, 2.05) is 0 Å². The third-order valence-corrected chi connectivity index (χ3v) is 1.93. The molecular formula is C7H14Cl2N2. The number of hydrogen-bond donors (Lipinski definition) is 0. The van der Waals surface area contributed by atoms with E-state index >= 15 is 0 Å². The zero-order valence-corrected chi connectivity index (χ0v) is 8.83. The van der Waals surface area contributed by atoms with Crippen molar-refractivity contribution >= 4 is 12.4 Å². The van der Waals surface area contributed by atoms with Crippen LogP contribution >= 0.6 is 12.4 Å². The van der Waals surface area contributed by atoms with Gasteiger partial charge in [-0.1, -0.05) is 0 Å².